The van der Waals surface area contributed by atoms with E-state index in [9.17, 15) is 0 Å². The molecule has 1 aliphatic rings. The van der Waals surface area contributed by atoms with E-state index in [0.717, 1.165) is 57.3 Å². The van der Waals surface area contributed by atoms with E-state index in [1.165, 1.54) is 5.56 Å². The second kappa shape index (κ2) is 7.13. The van der Waals surface area contributed by atoms with Gasteiger partial charge in [-0.2, -0.15) is 4.98 Å². The van der Waals surface area contributed by atoms with Crippen LogP contribution in [-0.4, -0.2) is 16.7 Å². The molecule has 0 saturated heterocycles. The van der Waals surface area contributed by atoms with Crippen LogP contribution in [0.1, 0.15) is 56.3 Å². The van der Waals surface area contributed by atoms with Crippen LogP contribution >= 0.6 is 0 Å². The minimum atomic E-state index is -0.375. The lowest BCUT2D eigenvalue weighted by atomic mass is 9.99. The summed E-state index contributed by atoms with van der Waals surface area (Å²) in [7, 11) is 0. The maximum atomic E-state index is 6.36. The predicted octanol–water partition coefficient (Wildman–Crippen LogP) is 3.37. The van der Waals surface area contributed by atoms with Crippen molar-refractivity contribution in [1.82, 2.24) is 10.1 Å². The summed E-state index contributed by atoms with van der Waals surface area (Å²) in [5.74, 6) is 2.26. The summed E-state index contributed by atoms with van der Waals surface area (Å²) in [6, 6.07) is 8.20. The summed E-state index contributed by atoms with van der Waals surface area (Å²) in [5.41, 5.74) is 7.22. The maximum absolute atomic E-state index is 6.36. The number of nitrogens with two attached hydrogens (primary N) is 1. The van der Waals surface area contributed by atoms with Gasteiger partial charge in [0.15, 0.2) is 5.82 Å². The quantitative estimate of drug-likeness (QED) is 0.848. The van der Waals surface area contributed by atoms with Gasteiger partial charge in [-0.1, -0.05) is 37.1 Å². The molecule has 0 atom stereocenters. The first-order valence-corrected chi connectivity index (χ1v) is 8.53. The van der Waals surface area contributed by atoms with Crippen LogP contribution in [0.3, 0.4) is 0 Å². The number of nitrogens with zero attached hydrogens (tertiary/aromatic N) is 2. The molecular formula is C18H25N3O2. The number of hydrogen-bond acceptors (Lipinski definition) is 5. The number of aromatic nitrogens is 2. The minimum absolute atomic E-state index is 0.375. The standard InChI is InChI=1S/C18H25N3O2/c1-2-13-22-15-8-5-14(6-9-15)7-10-16-20-17(21-23-16)18(19)11-3-4-12-18/h5-6,8-9H,2-4,7,10-13,19H2,1H3. The van der Waals surface area contributed by atoms with Crippen molar-refractivity contribution in [3.05, 3.63) is 41.5 Å². The van der Waals surface area contributed by atoms with Gasteiger partial charge in [0.25, 0.3) is 0 Å². The summed E-state index contributed by atoms with van der Waals surface area (Å²) in [4.78, 5) is 4.51. The first-order valence-electron chi connectivity index (χ1n) is 8.53. The summed E-state index contributed by atoms with van der Waals surface area (Å²) in [5, 5.41) is 4.10. The fraction of sp³-hybridized carbons (Fsp3) is 0.556. The normalized spacial score (nSPS) is 16.6. The third kappa shape index (κ3) is 3.91. The van der Waals surface area contributed by atoms with Crippen molar-refractivity contribution in [2.24, 2.45) is 5.73 Å². The van der Waals surface area contributed by atoms with Crippen LogP contribution in [0.15, 0.2) is 28.8 Å². The smallest absolute Gasteiger partial charge is 0.227 e. The van der Waals surface area contributed by atoms with Crippen molar-refractivity contribution in [2.45, 2.75) is 57.4 Å². The molecule has 23 heavy (non-hydrogen) atoms. The molecule has 2 N–H and O–H groups in total. The molecule has 124 valence electrons. The summed E-state index contributed by atoms with van der Waals surface area (Å²) < 4.78 is 11.0. The Balaban J connectivity index is 1.55. The Morgan fingerprint density at radius 1 is 1.17 bits per heavy atom. The molecule has 1 saturated carbocycles. The van der Waals surface area contributed by atoms with Crippen molar-refractivity contribution >= 4 is 0 Å². The second-order valence-electron chi connectivity index (χ2n) is 6.37. The van der Waals surface area contributed by atoms with Crippen LogP contribution in [0.2, 0.25) is 0 Å². The van der Waals surface area contributed by atoms with Crippen molar-refractivity contribution in [3.8, 4) is 5.75 Å². The second-order valence-corrected chi connectivity index (χ2v) is 6.37. The zero-order chi connectivity index (χ0) is 16.1. The molecule has 0 amide bonds. The molecule has 0 aliphatic heterocycles. The molecule has 1 aromatic carbocycles. The average molecular weight is 315 g/mol. The van der Waals surface area contributed by atoms with E-state index in [1.54, 1.807) is 0 Å². The fourth-order valence-electron chi connectivity index (χ4n) is 3.01. The lowest BCUT2D eigenvalue weighted by molar-refractivity contribution is 0.317. The molecule has 0 unspecified atom stereocenters. The molecule has 5 heteroatoms. The highest BCUT2D eigenvalue weighted by atomic mass is 16.5. The van der Waals surface area contributed by atoms with E-state index >= 15 is 0 Å². The number of ether oxygens (including phenoxy) is 1. The zero-order valence-electron chi connectivity index (χ0n) is 13.8. The predicted molar refractivity (Wildman–Crippen MR) is 88.3 cm³/mol. The summed E-state index contributed by atoms with van der Waals surface area (Å²) in [6.45, 7) is 2.86. The molecule has 1 aliphatic carbocycles. The van der Waals surface area contributed by atoms with Gasteiger partial charge < -0.3 is 15.0 Å². The van der Waals surface area contributed by atoms with Crippen LogP contribution < -0.4 is 10.5 Å². The van der Waals surface area contributed by atoms with E-state index in [-0.39, 0.29) is 5.54 Å². The van der Waals surface area contributed by atoms with Crippen molar-refractivity contribution in [3.63, 3.8) is 0 Å². The Bertz CT molecular complexity index is 615. The van der Waals surface area contributed by atoms with E-state index < -0.39 is 0 Å². The van der Waals surface area contributed by atoms with Gasteiger partial charge in [-0.3, -0.25) is 0 Å². The van der Waals surface area contributed by atoms with Crippen molar-refractivity contribution < 1.29 is 9.26 Å². The third-order valence-electron chi connectivity index (χ3n) is 4.43. The van der Waals surface area contributed by atoms with Crippen LogP contribution in [0.25, 0.3) is 0 Å². The molecule has 3 rings (SSSR count). The van der Waals surface area contributed by atoms with Crippen molar-refractivity contribution in [2.75, 3.05) is 6.61 Å². The summed E-state index contributed by atoms with van der Waals surface area (Å²) in [6.07, 6.45) is 6.81. The van der Waals surface area contributed by atoms with Gasteiger partial charge in [0, 0.05) is 6.42 Å². The molecule has 1 fully saturated rings. The molecule has 0 bridgehead atoms. The summed E-state index contributed by atoms with van der Waals surface area (Å²) >= 11 is 0. The maximum Gasteiger partial charge on any atom is 0.227 e. The van der Waals surface area contributed by atoms with E-state index in [0.29, 0.717) is 11.7 Å². The van der Waals surface area contributed by atoms with Gasteiger partial charge in [0.1, 0.15) is 5.75 Å². The zero-order valence-corrected chi connectivity index (χ0v) is 13.8. The Labute approximate surface area is 137 Å². The number of hydrogen-bond donors (Lipinski definition) is 1. The average Bonchev–Trinajstić information content (AvgIpc) is 3.22. The van der Waals surface area contributed by atoms with Crippen molar-refractivity contribution in [1.29, 1.82) is 0 Å². The van der Waals surface area contributed by atoms with Gasteiger partial charge >= 0.3 is 0 Å². The number of benzene rings is 1. The van der Waals surface area contributed by atoms with Gasteiger partial charge in [-0.15, -0.1) is 0 Å². The molecule has 0 spiro atoms. The lowest BCUT2D eigenvalue weighted by Crippen LogP contribution is -2.34. The van der Waals surface area contributed by atoms with Gasteiger partial charge in [-0.25, -0.2) is 0 Å². The van der Waals surface area contributed by atoms with Crippen LogP contribution in [0.5, 0.6) is 5.75 Å². The van der Waals surface area contributed by atoms with Gasteiger partial charge in [-0.05, 0) is 43.4 Å². The van der Waals surface area contributed by atoms with Gasteiger partial charge in [0.05, 0.1) is 12.1 Å². The highest BCUT2D eigenvalue weighted by Crippen LogP contribution is 2.34. The van der Waals surface area contributed by atoms with Crippen LogP contribution in [0.4, 0.5) is 0 Å². The molecular weight excluding hydrogens is 290 g/mol. The largest absolute Gasteiger partial charge is 0.494 e. The molecule has 1 heterocycles. The third-order valence-corrected chi connectivity index (χ3v) is 4.43. The highest BCUT2D eigenvalue weighted by molar-refractivity contribution is 5.27. The fourth-order valence-corrected chi connectivity index (χ4v) is 3.01. The topological polar surface area (TPSA) is 74.2 Å². The van der Waals surface area contributed by atoms with E-state index in [4.69, 9.17) is 15.0 Å². The number of aryl methyl sites for hydroxylation is 2. The Kier molecular flexibility index (Phi) is 4.96. The Morgan fingerprint density at radius 2 is 1.91 bits per heavy atom. The van der Waals surface area contributed by atoms with Crippen LogP contribution in [-0.2, 0) is 18.4 Å². The minimum Gasteiger partial charge on any atom is -0.494 e. The molecule has 2 aromatic rings. The van der Waals surface area contributed by atoms with E-state index in [2.05, 4.69) is 29.2 Å². The highest BCUT2D eigenvalue weighted by Gasteiger charge is 2.35. The molecule has 5 nitrogen and oxygen atoms in total. The molecule has 0 radical (unpaired) electrons. The Hall–Kier alpha value is -1.88. The monoisotopic (exact) mass is 315 g/mol. The Morgan fingerprint density at radius 3 is 2.61 bits per heavy atom. The first kappa shape index (κ1) is 16.0. The van der Waals surface area contributed by atoms with Crippen LogP contribution in [0, 0.1) is 0 Å². The first-order chi connectivity index (χ1) is 11.2. The van der Waals surface area contributed by atoms with Gasteiger partial charge in [0.2, 0.25) is 5.89 Å². The SMILES string of the molecule is CCCOc1ccc(CCc2nc(C3(N)CCCC3)no2)cc1. The van der Waals surface area contributed by atoms with E-state index in [1.807, 2.05) is 12.1 Å². The molecule has 1 aromatic heterocycles. The lowest BCUT2D eigenvalue weighted by Gasteiger charge is -2.17. The number of rotatable bonds is 7.